The molecule has 0 saturated carbocycles. The van der Waals surface area contributed by atoms with E-state index in [1.165, 1.54) is 5.56 Å². The van der Waals surface area contributed by atoms with E-state index in [-0.39, 0.29) is 11.7 Å². The molecule has 0 fully saturated rings. The summed E-state index contributed by atoms with van der Waals surface area (Å²) in [5.74, 6) is 0.128. The van der Waals surface area contributed by atoms with Gasteiger partial charge in [0.1, 0.15) is 11.4 Å². The fourth-order valence-electron chi connectivity index (χ4n) is 2.64. The van der Waals surface area contributed by atoms with Crippen LogP contribution in [0, 0.1) is 0 Å². The molecule has 0 radical (unpaired) electrons. The van der Waals surface area contributed by atoms with E-state index in [1.807, 2.05) is 49.4 Å². The minimum atomic E-state index is -0.127. The first-order valence-corrected chi connectivity index (χ1v) is 7.28. The van der Waals surface area contributed by atoms with E-state index in [9.17, 15) is 4.79 Å². The molecular formula is C19H18O2. The SMILES string of the molecule is C[C@H](C(=O)CCc1ccccc1)c1coc2ccccc12. The lowest BCUT2D eigenvalue weighted by molar-refractivity contribution is -0.120. The lowest BCUT2D eigenvalue weighted by atomic mass is 9.92. The Balaban J connectivity index is 1.72. The molecule has 0 spiro atoms. The lowest BCUT2D eigenvalue weighted by Crippen LogP contribution is -2.09. The molecule has 0 aliphatic heterocycles. The van der Waals surface area contributed by atoms with Crippen LogP contribution in [-0.2, 0) is 11.2 Å². The summed E-state index contributed by atoms with van der Waals surface area (Å²) >= 11 is 0. The van der Waals surface area contributed by atoms with Crippen LogP contribution < -0.4 is 0 Å². The van der Waals surface area contributed by atoms with Crippen molar-refractivity contribution in [3.8, 4) is 0 Å². The van der Waals surface area contributed by atoms with Crippen LogP contribution in [-0.4, -0.2) is 5.78 Å². The molecule has 2 aromatic carbocycles. The van der Waals surface area contributed by atoms with Gasteiger partial charge in [0.05, 0.1) is 6.26 Å². The summed E-state index contributed by atoms with van der Waals surface area (Å²) in [6.07, 6.45) is 3.07. The zero-order valence-electron chi connectivity index (χ0n) is 12.1. The van der Waals surface area contributed by atoms with E-state index in [1.54, 1.807) is 6.26 Å². The highest BCUT2D eigenvalue weighted by atomic mass is 16.3. The summed E-state index contributed by atoms with van der Waals surface area (Å²) in [7, 11) is 0. The average Bonchev–Trinajstić information content (AvgIpc) is 2.97. The highest BCUT2D eigenvalue weighted by Gasteiger charge is 2.19. The van der Waals surface area contributed by atoms with Crippen molar-refractivity contribution in [3.63, 3.8) is 0 Å². The zero-order chi connectivity index (χ0) is 14.7. The number of benzene rings is 2. The topological polar surface area (TPSA) is 30.2 Å². The second-order valence-electron chi connectivity index (χ2n) is 5.36. The Morgan fingerprint density at radius 1 is 1.05 bits per heavy atom. The largest absolute Gasteiger partial charge is 0.464 e. The molecule has 0 amide bonds. The number of carbonyl (C=O) groups excluding carboxylic acids is 1. The second kappa shape index (κ2) is 5.96. The molecule has 0 bridgehead atoms. The van der Waals surface area contributed by atoms with Crippen molar-refractivity contribution in [2.45, 2.75) is 25.7 Å². The Kier molecular flexibility index (Phi) is 3.87. The summed E-state index contributed by atoms with van der Waals surface area (Å²) in [5, 5.41) is 1.04. The predicted octanol–water partition coefficient (Wildman–Crippen LogP) is 4.74. The van der Waals surface area contributed by atoms with Crippen LogP contribution in [0.4, 0.5) is 0 Å². The minimum Gasteiger partial charge on any atom is -0.464 e. The third-order valence-corrected chi connectivity index (χ3v) is 3.96. The number of hydrogen-bond acceptors (Lipinski definition) is 2. The molecule has 2 heteroatoms. The summed E-state index contributed by atoms with van der Waals surface area (Å²) in [4.78, 5) is 12.4. The maximum Gasteiger partial charge on any atom is 0.140 e. The van der Waals surface area contributed by atoms with Crippen molar-refractivity contribution in [2.75, 3.05) is 0 Å². The van der Waals surface area contributed by atoms with Crippen molar-refractivity contribution in [1.29, 1.82) is 0 Å². The quantitative estimate of drug-likeness (QED) is 0.675. The van der Waals surface area contributed by atoms with Crippen molar-refractivity contribution >= 4 is 16.8 Å². The highest BCUT2D eigenvalue weighted by Crippen LogP contribution is 2.28. The molecule has 3 aromatic rings. The molecule has 21 heavy (non-hydrogen) atoms. The van der Waals surface area contributed by atoms with Gasteiger partial charge in [-0.3, -0.25) is 4.79 Å². The number of Topliss-reactive ketones (excluding diaryl/α,β-unsaturated/α-hetero) is 1. The van der Waals surface area contributed by atoms with Crippen molar-refractivity contribution < 1.29 is 9.21 Å². The van der Waals surface area contributed by atoms with Crippen LogP contribution >= 0.6 is 0 Å². The summed E-state index contributed by atoms with van der Waals surface area (Å²) in [6, 6.07) is 18.0. The van der Waals surface area contributed by atoms with Gasteiger partial charge in [-0.15, -0.1) is 0 Å². The fourth-order valence-corrected chi connectivity index (χ4v) is 2.64. The monoisotopic (exact) mass is 278 g/mol. The zero-order valence-corrected chi connectivity index (χ0v) is 12.1. The number of aryl methyl sites for hydroxylation is 1. The predicted molar refractivity (Wildman–Crippen MR) is 84.4 cm³/mol. The van der Waals surface area contributed by atoms with Crippen LogP contribution in [0.5, 0.6) is 0 Å². The van der Waals surface area contributed by atoms with Gasteiger partial charge in [0.25, 0.3) is 0 Å². The minimum absolute atomic E-state index is 0.127. The van der Waals surface area contributed by atoms with Crippen molar-refractivity contribution in [3.05, 3.63) is 72.0 Å². The molecule has 1 atom stereocenters. The molecule has 0 saturated heterocycles. The molecule has 0 unspecified atom stereocenters. The standard InChI is InChI=1S/C19H18O2/c1-14(17-13-21-19-10-6-5-9-16(17)19)18(20)12-11-15-7-3-2-4-8-15/h2-10,13-14H,11-12H2,1H3/t14-/m0/s1. The lowest BCUT2D eigenvalue weighted by Gasteiger charge is -2.09. The van der Waals surface area contributed by atoms with Gasteiger partial charge in [-0.05, 0) is 18.1 Å². The third-order valence-electron chi connectivity index (χ3n) is 3.96. The number of rotatable bonds is 5. The number of para-hydroxylation sites is 1. The van der Waals surface area contributed by atoms with Crippen LogP contribution in [0.2, 0.25) is 0 Å². The van der Waals surface area contributed by atoms with Gasteiger partial charge in [-0.2, -0.15) is 0 Å². The van der Waals surface area contributed by atoms with Gasteiger partial charge in [-0.25, -0.2) is 0 Å². The molecular weight excluding hydrogens is 260 g/mol. The number of ketones is 1. The van der Waals surface area contributed by atoms with Gasteiger partial charge in [-0.1, -0.05) is 55.5 Å². The molecule has 1 heterocycles. The van der Waals surface area contributed by atoms with E-state index in [0.717, 1.165) is 23.0 Å². The Morgan fingerprint density at radius 3 is 2.57 bits per heavy atom. The van der Waals surface area contributed by atoms with Crippen LogP contribution in [0.1, 0.15) is 30.4 Å². The van der Waals surface area contributed by atoms with Gasteiger partial charge < -0.3 is 4.42 Å². The Labute approximate surface area is 124 Å². The molecule has 1 aromatic heterocycles. The maximum absolute atomic E-state index is 12.4. The van der Waals surface area contributed by atoms with Crippen LogP contribution in [0.15, 0.2) is 65.3 Å². The molecule has 2 nitrogen and oxygen atoms in total. The number of fused-ring (bicyclic) bond motifs is 1. The molecule has 0 N–H and O–H groups in total. The molecule has 106 valence electrons. The summed E-state index contributed by atoms with van der Waals surface area (Å²) in [5.41, 5.74) is 3.04. The summed E-state index contributed by atoms with van der Waals surface area (Å²) < 4.78 is 5.53. The van der Waals surface area contributed by atoms with Crippen LogP contribution in [0.3, 0.4) is 0 Å². The van der Waals surface area contributed by atoms with E-state index in [0.29, 0.717) is 6.42 Å². The second-order valence-corrected chi connectivity index (χ2v) is 5.36. The number of hydrogen-bond donors (Lipinski definition) is 0. The van der Waals surface area contributed by atoms with Gasteiger partial charge in [0, 0.05) is 23.3 Å². The van der Waals surface area contributed by atoms with Crippen molar-refractivity contribution in [1.82, 2.24) is 0 Å². The highest BCUT2D eigenvalue weighted by molar-refractivity contribution is 5.91. The third kappa shape index (κ3) is 2.89. The number of carbonyl (C=O) groups is 1. The normalized spacial score (nSPS) is 12.4. The van der Waals surface area contributed by atoms with E-state index < -0.39 is 0 Å². The van der Waals surface area contributed by atoms with Gasteiger partial charge >= 0.3 is 0 Å². The molecule has 3 rings (SSSR count). The fraction of sp³-hybridized carbons (Fsp3) is 0.211. The first-order chi connectivity index (χ1) is 10.3. The Hall–Kier alpha value is -2.35. The maximum atomic E-state index is 12.4. The molecule has 0 aliphatic rings. The van der Waals surface area contributed by atoms with E-state index >= 15 is 0 Å². The van der Waals surface area contributed by atoms with Gasteiger partial charge in [0.15, 0.2) is 0 Å². The van der Waals surface area contributed by atoms with E-state index in [4.69, 9.17) is 4.42 Å². The first-order valence-electron chi connectivity index (χ1n) is 7.28. The Morgan fingerprint density at radius 2 is 1.76 bits per heavy atom. The van der Waals surface area contributed by atoms with Crippen LogP contribution in [0.25, 0.3) is 11.0 Å². The van der Waals surface area contributed by atoms with E-state index in [2.05, 4.69) is 12.1 Å². The number of furan rings is 1. The van der Waals surface area contributed by atoms with Gasteiger partial charge in [0.2, 0.25) is 0 Å². The first kappa shape index (κ1) is 13.6. The van der Waals surface area contributed by atoms with Crippen molar-refractivity contribution in [2.24, 2.45) is 0 Å². The average molecular weight is 278 g/mol. The Bertz CT molecular complexity index is 740. The summed E-state index contributed by atoms with van der Waals surface area (Å²) in [6.45, 7) is 1.96. The smallest absolute Gasteiger partial charge is 0.140 e. The molecule has 0 aliphatic carbocycles.